The standard InChI is InChI=1S/C23H24ClFN2O5S/c1-14(2)32-17-4-6-22(20(25)10-17)33(30,31)27-8-7-15(11-27)19-12-26(13-23(28)29)21-5-3-16(24)9-18(19)21/h3-6,9-10,12,14-15H,7-8,11,13H2,1-2H3,(H,28,29). The molecule has 0 radical (unpaired) electrons. The van der Waals surface area contributed by atoms with Gasteiger partial charge >= 0.3 is 5.97 Å². The zero-order chi connectivity index (χ0) is 23.9. The first-order valence-electron chi connectivity index (χ1n) is 10.5. The maximum Gasteiger partial charge on any atom is 0.323 e. The van der Waals surface area contributed by atoms with Gasteiger partial charge in [-0.1, -0.05) is 11.6 Å². The van der Waals surface area contributed by atoms with E-state index in [1.54, 1.807) is 42.8 Å². The van der Waals surface area contributed by atoms with Gasteiger partial charge in [-0.2, -0.15) is 4.31 Å². The number of rotatable bonds is 7. The molecule has 0 bridgehead atoms. The molecule has 4 rings (SSSR count). The zero-order valence-electron chi connectivity index (χ0n) is 18.2. The minimum atomic E-state index is -4.05. The highest BCUT2D eigenvalue weighted by Gasteiger charge is 2.36. The SMILES string of the molecule is CC(C)Oc1ccc(S(=O)(=O)N2CCC(c3cn(CC(=O)O)c4ccc(Cl)cc34)C2)c(F)c1. The number of hydrogen-bond donors (Lipinski definition) is 1. The summed E-state index contributed by atoms with van der Waals surface area (Å²) in [5.74, 6) is -1.75. The molecule has 1 unspecified atom stereocenters. The molecule has 1 fully saturated rings. The molecule has 1 saturated heterocycles. The Kier molecular flexibility index (Phi) is 6.39. The Morgan fingerprint density at radius 3 is 2.70 bits per heavy atom. The molecular formula is C23H24ClFN2O5S. The molecule has 2 aromatic carbocycles. The predicted molar refractivity (Wildman–Crippen MR) is 123 cm³/mol. The molecule has 1 atom stereocenters. The van der Waals surface area contributed by atoms with Crippen LogP contribution in [0, 0.1) is 5.82 Å². The summed E-state index contributed by atoms with van der Waals surface area (Å²) in [6.07, 6.45) is 2.10. The van der Waals surface area contributed by atoms with Gasteiger partial charge in [0.1, 0.15) is 23.0 Å². The number of carboxylic acid groups (broad SMARTS) is 1. The van der Waals surface area contributed by atoms with Crippen LogP contribution in [-0.4, -0.2) is 47.6 Å². The fourth-order valence-electron chi connectivity index (χ4n) is 4.27. The van der Waals surface area contributed by atoms with Crippen molar-refractivity contribution in [3.63, 3.8) is 0 Å². The second kappa shape index (κ2) is 8.96. The Bertz CT molecular complexity index is 1320. The summed E-state index contributed by atoms with van der Waals surface area (Å²) >= 11 is 6.17. The minimum absolute atomic E-state index is 0.157. The van der Waals surface area contributed by atoms with Gasteiger partial charge in [0.2, 0.25) is 10.0 Å². The van der Waals surface area contributed by atoms with Crippen molar-refractivity contribution in [2.75, 3.05) is 13.1 Å². The second-order valence-corrected chi connectivity index (χ2v) is 10.7. The predicted octanol–water partition coefficient (Wildman–Crippen LogP) is 4.48. The Balaban J connectivity index is 1.63. The number of hydrogen-bond acceptors (Lipinski definition) is 4. The van der Waals surface area contributed by atoms with E-state index in [0.29, 0.717) is 17.0 Å². The van der Waals surface area contributed by atoms with E-state index in [-0.39, 0.29) is 37.4 Å². The lowest BCUT2D eigenvalue weighted by atomic mass is 9.98. The van der Waals surface area contributed by atoms with Crippen molar-refractivity contribution in [1.29, 1.82) is 0 Å². The Morgan fingerprint density at radius 1 is 1.27 bits per heavy atom. The number of fused-ring (bicyclic) bond motifs is 1. The summed E-state index contributed by atoms with van der Waals surface area (Å²) in [6, 6.07) is 8.96. The molecule has 10 heteroatoms. The van der Waals surface area contributed by atoms with E-state index in [1.807, 2.05) is 0 Å². The van der Waals surface area contributed by atoms with Crippen molar-refractivity contribution >= 4 is 38.5 Å². The van der Waals surface area contributed by atoms with Gasteiger partial charge in [0.15, 0.2) is 0 Å². The largest absolute Gasteiger partial charge is 0.491 e. The van der Waals surface area contributed by atoms with Gasteiger partial charge in [-0.15, -0.1) is 0 Å². The average Bonchev–Trinajstić information content (AvgIpc) is 3.32. The first kappa shape index (κ1) is 23.5. The number of benzene rings is 2. The Labute approximate surface area is 196 Å². The number of carbonyl (C=O) groups is 1. The third-order valence-electron chi connectivity index (χ3n) is 5.66. The average molecular weight is 495 g/mol. The first-order valence-corrected chi connectivity index (χ1v) is 12.3. The topological polar surface area (TPSA) is 88.8 Å². The first-order chi connectivity index (χ1) is 15.6. The van der Waals surface area contributed by atoms with Crippen LogP contribution in [0.3, 0.4) is 0 Å². The van der Waals surface area contributed by atoms with Crippen LogP contribution in [0.5, 0.6) is 5.75 Å². The van der Waals surface area contributed by atoms with Gasteiger partial charge in [0.25, 0.3) is 0 Å². The van der Waals surface area contributed by atoms with Crippen LogP contribution in [-0.2, 0) is 21.4 Å². The third kappa shape index (κ3) is 4.71. The van der Waals surface area contributed by atoms with Crippen LogP contribution in [0.25, 0.3) is 10.9 Å². The normalized spacial score (nSPS) is 17.2. The summed E-state index contributed by atoms with van der Waals surface area (Å²) in [4.78, 5) is 10.9. The van der Waals surface area contributed by atoms with Crippen LogP contribution in [0.1, 0.15) is 31.7 Å². The van der Waals surface area contributed by atoms with Crippen LogP contribution in [0.15, 0.2) is 47.5 Å². The monoisotopic (exact) mass is 494 g/mol. The summed E-state index contributed by atoms with van der Waals surface area (Å²) in [5.41, 5.74) is 1.54. The Hall–Kier alpha value is -2.62. The number of aliphatic carboxylic acids is 1. The van der Waals surface area contributed by atoms with Gasteiger partial charge in [-0.3, -0.25) is 4.79 Å². The number of carboxylic acids is 1. The van der Waals surface area contributed by atoms with E-state index < -0.39 is 26.7 Å². The third-order valence-corrected chi connectivity index (χ3v) is 7.80. The lowest BCUT2D eigenvalue weighted by Gasteiger charge is -2.18. The zero-order valence-corrected chi connectivity index (χ0v) is 19.7. The van der Waals surface area contributed by atoms with Crippen LogP contribution < -0.4 is 4.74 Å². The molecule has 7 nitrogen and oxygen atoms in total. The van der Waals surface area contributed by atoms with Crippen molar-refractivity contribution in [2.24, 2.45) is 0 Å². The lowest BCUT2D eigenvalue weighted by molar-refractivity contribution is -0.137. The van der Waals surface area contributed by atoms with Crippen molar-refractivity contribution in [2.45, 2.75) is 43.7 Å². The van der Waals surface area contributed by atoms with Crippen molar-refractivity contribution in [3.05, 3.63) is 59.0 Å². The number of nitrogens with zero attached hydrogens (tertiary/aromatic N) is 2. The summed E-state index contributed by atoms with van der Waals surface area (Å²) in [5, 5.41) is 10.5. The minimum Gasteiger partial charge on any atom is -0.491 e. The Morgan fingerprint density at radius 2 is 2.03 bits per heavy atom. The number of aromatic nitrogens is 1. The highest BCUT2D eigenvalue weighted by atomic mass is 35.5. The molecule has 0 amide bonds. The molecule has 3 aromatic rings. The molecule has 1 aliphatic rings. The summed E-state index contributed by atoms with van der Waals surface area (Å²) in [6.45, 7) is 3.76. The highest BCUT2D eigenvalue weighted by molar-refractivity contribution is 7.89. The van der Waals surface area contributed by atoms with E-state index in [0.717, 1.165) is 17.0 Å². The maximum absolute atomic E-state index is 14.7. The fourth-order valence-corrected chi connectivity index (χ4v) is 5.99. The van der Waals surface area contributed by atoms with Gasteiger partial charge in [-0.25, -0.2) is 12.8 Å². The van der Waals surface area contributed by atoms with Gasteiger partial charge in [0, 0.05) is 47.2 Å². The van der Waals surface area contributed by atoms with E-state index in [1.165, 1.54) is 16.4 Å². The van der Waals surface area contributed by atoms with Gasteiger partial charge in [-0.05, 0) is 56.2 Å². The smallest absolute Gasteiger partial charge is 0.323 e. The lowest BCUT2D eigenvalue weighted by Crippen LogP contribution is -2.29. The molecule has 1 N–H and O–H groups in total. The van der Waals surface area contributed by atoms with E-state index in [9.17, 15) is 22.7 Å². The van der Waals surface area contributed by atoms with Crippen molar-refractivity contribution in [1.82, 2.24) is 8.87 Å². The van der Waals surface area contributed by atoms with E-state index >= 15 is 0 Å². The van der Waals surface area contributed by atoms with Crippen molar-refractivity contribution in [3.8, 4) is 5.75 Å². The molecule has 176 valence electrons. The highest BCUT2D eigenvalue weighted by Crippen LogP contribution is 2.37. The number of halogens is 2. The maximum atomic E-state index is 14.7. The quantitative estimate of drug-likeness (QED) is 0.523. The molecular weight excluding hydrogens is 471 g/mol. The number of ether oxygens (including phenoxy) is 1. The van der Waals surface area contributed by atoms with Crippen LogP contribution >= 0.6 is 11.6 Å². The van der Waals surface area contributed by atoms with Crippen molar-refractivity contribution < 1.29 is 27.4 Å². The summed E-state index contributed by atoms with van der Waals surface area (Å²) in [7, 11) is -4.05. The molecule has 1 aliphatic heterocycles. The molecule has 2 heterocycles. The molecule has 33 heavy (non-hydrogen) atoms. The second-order valence-electron chi connectivity index (χ2n) is 8.38. The molecule has 0 spiro atoms. The molecule has 0 aliphatic carbocycles. The van der Waals surface area contributed by atoms with Gasteiger partial charge in [0.05, 0.1) is 6.10 Å². The van der Waals surface area contributed by atoms with Crippen LogP contribution in [0.2, 0.25) is 5.02 Å². The van der Waals surface area contributed by atoms with Gasteiger partial charge < -0.3 is 14.4 Å². The van der Waals surface area contributed by atoms with E-state index in [2.05, 4.69) is 0 Å². The fraction of sp³-hybridized carbons (Fsp3) is 0.348. The summed E-state index contributed by atoms with van der Waals surface area (Å²) < 4.78 is 49.4. The van der Waals surface area contributed by atoms with Crippen LogP contribution in [0.4, 0.5) is 4.39 Å². The molecule has 0 saturated carbocycles. The molecule has 1 aromatic heterocycles. The van der Waals surface area contributed by atoms with E-state index in [4.69, 9.17) is 16.3 Å². The number of sulfonamides is 1.